The fourth-order valence-electron chi connectivity index (χ4n) is 2.93. The number of hydrogen-bond acceptors (Lipinski definition) is 3. The Morgan fingerprint density at radius 3 is 2.32 bits per heavy atom. The van der Waals surface area contributed by atoms with Gasteiger partial charge in [-0.05, 0) is 56.2 Å². The average molecular weight is 358 g/mol. The van der Waals surface area contributed by atoms with Crippen LogP contribution >= 0.6 is 0 Å². The molecule has 5 nitrogen and oxygen atoms in total. The van der Waals surface area contributed by atoms with Gasteiger partial charge in [0.1, 0.15) is 0 Å². The number of rotatable bonds is 4. The Bertz CT molecular complexity index is 905. The lowest BCUT2D eigenvalue weighted by Gasteiger charge is -2.18. The number of carbonyl (C=O) groups excluding carboxylic acids is 1. The quantitative estimate of drug-likeness (QED) is 0.914. The molecule has 25 heavy (non-hydrogen) atoms. The summed E-state index contributed by atoms with van der Waals surface area (Å²) >= 11 is 0. The monoisotopic (exact) mass is 358 g/mol. The van der Waals surface area contributed by atoms with Crippen molar-refractivity contribution in [2.45, 2.75) is 38.1 Å². The number of nitrogens with one attached hydrogen (secondary N) is 1. The maximum absolute atomic E-state index is 12.5. The summed E-state index contributed by atoms with van der Waals surface area (Å²) < 4.78 is 27.7. The third kappa shape index (κ3) is 3.75. The van der Waals surface area contributed by atoms with Gasteiger partial charge in [-0.25, -0.2) is 13.1 Å². The van der Waals surface area contributed by atoms with E-state index in [4.69, 9.17) is 0 Å². The van der Waals surface area contributed by atoms with Crippen LogP contribution in [0, 0.1) is 20.8 Å². The van der Waals surface area contributed by atoms with Crippen LogP contribution in [0.1, 0.15) is 23.1 Å². The molecule has 6 heteroatoms. The van der Waals surface area contributed by atoms with Crippen molar-refractivity contribution in [3.05, 3.63) is 59.2 Å². The van der Waals surface area contributed by atoms with Gasteiger partial charge in [0.25, 0.3) is 0 Å². The van der Waals surface area contributed by atoms with Gasteiger partial charge in [-0.15, -0.1) is 0 Å². The zero-order chi connectivity index (χ0) is 18.2. The van der Waals surface area contributed by atoms with Crippen LogP contribution in [0.25, 0.3) is 0 Å². The Balaban J connectivity index is 1.76. The number of hydrogen-bond donors (Lipinski definition) is 1. The van der Waals surface area contributed by atoms with Crippen molar-refractivity contribution in [1.29, 1.82) is 0 Å². The summed E-state index contributed by atoms with van der Waals surface area (Å²) in [6, 6.07) is 12.1. The van der Waals surface area contributed by atoms with E-state index < -0.39 is 16.1 Å². The smallest absolute Gasteiger partial charge is 0.240 e. The molecule has 0 aromatic heterocycles. The molecule has 132 valence electrons. The van der Waals surface area contributed by atoms with Crippen LogP contribution < -0.4 is 9.62 Å². The Kier molecular flexibility index (Phi) is 4.67. The molecule has 0 spiro atoms. The van der Waals surface area contributed by atoms with Crippen LogP contribution in [0.15, 0.2) is 47.4 Å². The first kappa shape index (κ1) is 17.6. The third-order valence-electron chi connectivity index (χ3n) is 4.58. The number of anilines is 1. The minimum atomic E-state index is -3.63. The molecule has 1 fully saturated rings. The summed E-state index contributed by atoms with van der Waals surface area (Å²) in [4.78, 5) is 14.2. The number of sulfonamides is 1. The lowest BCUT2D eigenvalue weighted by molar-refractivity contribution is -0.117. The molecule has 2 aromatic carbocycles. The van der Waals surface area contributed by atoms with E-state index in [1.807, 2.05) is 39.0 Å². The van der Waals surface area contributed by atoms with E-state index in [-0.39, 0.29) is 17.2 Å². The van der Waals surface area contributed by atoms with Crippen molar-refractivity contribution in [2.75, 3.05) is 11.4 Å². The molecular formula is C19H22N2O3S. The SMILES string of the molecule is Cc1ccc(S(=O)(=O)NC2CC(=O)N(c3ccc(C)c(C)c3)C2)cc1. The highest BCUT2D eigenvalue weighted by atomic mass is 32.2. The molecule has 1 aliphatic rings. The summed E-state index contributed by atoms with van der Waals surface area (Å²) in [6.07, 6.45) is 0.165. The minimum Gasteiger partial charge on any atom is -0.311 e. The van der Waals surface area contributed by atoms with Crippen LogP contribution in [0.5, 0.6) is 0 Å². The van der Waals surface area contributed by atoms with Crippen molar-refractivity contribution in [3.63, 3.8) is 0 Å². The van der Waals surface area contributed by atoms with Gasteiger partial charge in [0.2, 0.25) is 15.9 Å². The summed E-state index contributed by atoms with van der Waals surface area (Å²) in [5, 5.41) is 0. The highest BCUT2D eigenvalue weighted by Crippen LogP contribution is 2.25. The number of carbonyl (C=O) groups is 1. The van der Waals surface area contributed by atoms with Crippen LogP contribution in [0.3, 0.4) is 0 Å². The Morgan fingerprint density at radius 1 is 1.00 bits per heavy atom. The van der Waals surface area contributed by atoms with E-state index in [1.165, 1.54) is 0 Å². The second kappa shape index (κ2) is 6.61. The van der Waals surface area contributed by atoms with Crippen LogP contribution in [-0.2, 0) is 14.8 Å². The molecule has 1 heterocycles. The van der Waals surface area contributed by atoms with Gasteiger partial charge in [0.05, 0.1) is 4.90 Å². The fraction of sp³-hybridized carbons (Fsp3) is 0.316. The first-order chi connectivity index (χ1) is 11.8. The van der Waals surface area contributed by atoms with Gasteiger partial charge in [-0.1, -0.05) is 23.8 Å². The van der Waals surface area contributed by atoms with Crippen LogP contribution in [-0.4, -0.2) is 26.9 Å². The van der Waals surface area contributed by atoms with Crippen molar-refractivity contribution >= 4 is 21.6 Å². The van der Waals surface area contributed by atoms with Gasteiger partial charge in [0.15, 0.2) is 0 Å². The van der Waals surface area contributed by atoms with E-state index in [2.05, 4.69) is 4.72 Å². The number of nitrogens with zero attached hydrogens (tertiary/aromatic N) is 1. The molecule has 0 aliphatic carbocycles. The molecule has 2 aromatic rings. The molecule has 0 bridgehead atoms. The summed E-state index contributed by atoms with van der Waals surface area (Å²) in [6.45, 7) is 6.26. The average Bonchev–Trinajstić information content (AvgIpc) is 2.90. The molecule has 3 rings (SSSR count). The lowest BCUT2D eigenvalue weighted by Crippen LogP contribution is -2.37. The highest BCUT2D eigenvalue weighted by molar-refractivity contribution is 7.89. The van der Waals surface area contributed by atoms with Gasteiger partial charge in [-0.3, -0.25) is 4.79 Å². The van der Waals surface area contributed by atoms with E-state index in [1.54, 1.807) is 29.2 Å². The molecule has 1 N–H and O–H groups in total. The Labute approximate surface area is 148 Å². The minimum absolute atomic E-state index is 0.0696. The highest BCUT2D eigenvalue weighted by Gasteiger charge is 2.33. The lowest BCUT2D eigenvalue weighted by atomic mass is 10.1. The maximum atomic E-state index is 12.5. The van der Waals surface area contributed by atoms with Crippen molar-refractivity contribution in [1.82, 2.24) is 4.72 Å². The molecular weight excluding hydrogens is 336 g/mol. The van der Waals surface area contributed by atoms with E-state index >= 15 is 0 Å². The van der Waals surface area contributed by atoms with Crippen molar-refractivity contribution in [3.8, 4) is 0 Å². The predicted molar refractivity (Wildman–Crippen MR) is 98.2 cm³/mol. The standard InChI is InChI=1S/C19H22N2O3S/c1-13-4-8-18(9-5-13)25(23,24)20-16-11-19(22)21(12-16)17-7-6-14(2)15(3)10-17/h4-10,16,20H,11-12H2,1-3H3. The van der Waals surface area contributed by atoms with E-state index in [0.717, 1.165) is 22.4 Å². The predicted octanol–water partition coefficient (Wildman–Crippen LogP) is 2.70. The third-order valence-corrected chi connectivity index (χ3v) is 6.12. The summed E-state index contributed by atoms with van der Waals surface area (Å²) in [7, 11) is -3.63. The second-order valence-electron chi connectivity index (χ2n) is 6.61. The normalized spacial score (nSPS) is 18.0. The Hall–Kier alpha value is -2.18. The number of amides is 1. The summed E-state index contributed by atoms with van der Waals surface area (Å²) in [5.41, 5.74) is 4.07. The molecule has 1 amide bonds. The van der Waals surface area contributed by atoms with Gasteiger partial charge in [-0.2, -0.15) is 0 Å². The maximum Gasteiger partial charge on any atom is 0.240 e. The summed E-state index contributed by atoms with van der Waals surface area (Å²) in [5.74, 6) is -0.0696. The topological polar surface area (TPSA) is 66.5 Å². The zero-order valence-electron chi connectivity index (χ0n) is 14.6. The van der Waals surface area contributed by atoms with Crippen molar-refractivity contribution < 1.29 is 13.2 Å². The van der Waals surface area contributed by atoms with Gasteiger partial charge in [0, 0.05) is 24.7 Å². The van der Waals surface area contributed by atoms with E-state index in [0.29, 0.717) is 6.54 Å². The van der Waals surface area contributed by atoms with Crippen LogP contribution in [0.2, 0.25) is 0 Å². The van der Waals surface area contributed by atoms with Gasteiger partial charge >= 0.3 is 0 Å². The largest absolute Gasteiger partial charge is 0.311 e. The number of aryl methyl sites for hydroxylation is 3. The van der Waals surface area contributed by atoms with Gasteiger partial charge < -0.3 is 4.90 Å². The zero-order valence-corrected chi connectivity index (χ0v) is 15.4. The molecule has 0 radical (unpaired) electrons. The molecule has 1 saturated heterocycles. The molecule has 1 aliphatic heterocycles. The van der Waals surface area contributed by atoms with Crippen LogP contribution in [0.4, 0.5) is 5.69 Å². The van der Waals surface area contributed by atoms with E-state index in [9.17, 15) is 13.2 Å². The number of benzene rings is 2. The second-order valence-corrected chi connectivity index (χ2v) is 8.32. The molecule has 0 saturated carbocycles. The Morgan fingerprint density at radius 2 is 1.68 bits per heavy atom. The molecule has 1 unspecified atom stereocenters. The van der Waals surface area contributed by atoms with Crippen molar-refractivity contribution in [2.24, 2.45) is 0 Å². The fourth-order valence-corrected chi connectivity index (χ4v) is 4.16. The molecule has 1 atom stereocenters. The first-order valence-corrected chi connectivity index (χ1v) is 9.71. The first-order valence-electron chi connectivity index (χ1n) is 8.23.